The lowest BCUT2D eigenvalue weighted by molar-refractivity contribution is -0.131. The molecule has 2 saturated heterocycles. The van der Waals surface area contributed by atoms with E-state index in [2.05, 4.69) is 25.2 Å². The van der Waals surface area contributed by atoms with Crippen LogP contribution in [-0.2, 0) is 11.3 Å². The number of aromatic nitrogens is 4. The van der Waals surface area contributed by atoms with Crippen LogP contribution in [0.2, 0.25) is 0 Å². The molecule has 2 aliphatic heterocycles. The zero-order valence-corrected chi connectivity index (χ0v) is 24.4. The number of amides is 1. The van der Waals surface area contributed by atoms with Crippen LogP contribution in [0.5, 0.6) is 5.75 Å². The molecule has 13 heteroatoms. The van der Waals surface area contributed by atoms with Crippen molar-refractivity contribution in [2.45, 2.75) is 31.8 Å². The molecule has 6 rings (SSSR count). The van der Waals surface area contributed by atoms with Crippen LogP contribution < -0.4 is 15.0 Å². The molecule has 0 spiro atoms. The van der Waals surface area contributed by atoms with E-state index in [1.54, 1.807) is 28.7 Å². The third kappa shape index (κ3) is 6.26. The Bertz CT molecular complexity index is 1680. The largest absolute Gasteiger partial charge is 0.497 e. The van der Waals surface area contributed by atoms with Crippen molar-refractivity contribution < 1.29 is 18.3 Å². The van der Waals surface area contributed by atoms with Crippen molar-refractivity contribution >= 4 is 23.2 Å². The molecule has 11 nitrogen and oxygen atoms in total. The van der Waals surface area contributed by atoms with E-state index in [0.29, 0.717) is 63.5 Å². The summed E-state index contributed by atoms with van der Waals surface area (Å²) >= 11 is 0. The normalized spacial score (nSPS) is 17.5. The molecule has 1 N–H and O–H groups in total. The van der Waals surface area contributed by atoms with Gasteiger partial charge in [-0.25, -0.2) is 19.3 Å². The summed E-state index contributed by atoms with van der Waals surface area (Å²) in [6, 6.07) is 12.5. The van der Waals surface area contributed by atoms with Crippen LogP contribution in [0, 0.1) is 23.0 Å². The molecule has 0 unspecified atom stereocenters. The molecule has 2 aliphatic rings. The van der Waals surface area contributed by atoms with Gasteiger partial charge in [-0.1, -0.05) is 12.1 Å². The number of ether oxygens (including phenoxy) is 1. The minimum absolute atomic E-state index is 0.0107. The minimum atomic E-state index is -0.585. The number of methoxy groups -OCH3 is 1. The van der Waals surface area contributed by atoms with Gasteiger partial charge < -0.3 is 19.9 Å². The standard InChI is InChI=1S/C31H33F2N9O2/c1-44-24-7-4-21(5-8-24)18-39-13-15-40(16-14-39)31-28(33)30(36-23-3-2-12-41(20-23)27(43)10-11-34)37-29(38-31)25-17-35-26-9-6-22(32)19-42(25)26/h4-9,17,19,23H,2-3,10,12-16,18,20H2,1H3,(H,36,37,38)/t23-/m1/s1. The van der Waals surface area contributed by atoms with Gasteiger partial charge in [0.2, 0.25) is 11.7 Å². The molecule has 2 fully saturated rings. The number of hydrogen-bond acceptors (Lipinski definition) is 9. The molecule has 1 aromatic carbocycles. The van der Waals surface area contributed by atoms with Gasteiger partial charge in [-0.3, -0.25) is 14.1 Å². The Morgan fingerprint density at radius 3 is 2.64 bits per heavy atom. The number of piperazine rings is 1. The fraction of sp³-hybridized carbons (Fsp3) is 0.387. The van der Waals surface area contributed by atoms with Crippen molar-refractivity contribution in [2.75, 3.05) is 56.6 Å². The summed E-state index contributed by atoms with van der Waals surface area (Å²) in [5.74, 6) is -0.105. The molecule has 0 bridgehead atoms. The molecule has 5 heterocycles. The number of nitriles is 1. The Labute approximate surface area is 253 Å². The fourth-order valence-corrected chi connectivity index (χ4v) is 5.78. The Kier molecular flexibility index (Phi) is 8.51. The highest BCUT2D eigenvalue weighted by Crippen LogP contribution is 2.30. The number of nitrogens with zero attached hydrogens (tertiary/aromatic N) is 8. The van der Waals surface area contributed by atoms with E-state index in [9.17, 15) is 9.18 Å². The molecule has 0 radical (unpaired) electrons. The zero-order valence-electron chi connectivity index (χ0n) is 24.4. The second-order valence-electron chi connectivity index (χ2n) is 11.0. The summed E-state index contributed by atoms with van der Waals surface area (Å²) in [6.07, 6.45) is 4.07. The van der Waals surface area contributed by atoms with Crippen molar-refractivity contribution in [1.29, 1.82) is 5.26 Å². The van der Waals surface area contributed by atoms with Gasteiger partial charge in [0.15, 0.2) is 17.5 Å². The fourth-order valence-electron chi connectivity index (χ4n) is 5.78. The lowest BCUT2D eigenvalue weighted by Crippen LogP contribution is -2.47. The molecule has 0 aliphatic carbocycles. The molecule has 3 aromatic heterocycles. The van der Waals surface area contributed by atoms with Gasteiger partial charge >= 0.3 is 0 Å². The summed E-state index contributed by atoms with van der Waals surface area (Å²) in [5, 5.41) is 12.2. The first-order valence-corrected chi connectivity index (χ1v) is 14.6. The molecule has 228 valence electrons. The molecule has 44 heavy (non-hydrogen) atoms. The molecule has 4 aromatic rings. The van der Waals surface area contributed by atoms with Crippen LogP contribution in [0.1, 0.15) is 24.8 Å². The molecular formula is C31H33F2N9O2. The number of likely N-dealkylation sites (tertiary alicyclic amines) is 1. The number of imidazole rings is 1. The third-order valence-corrected chi connectivity index (χ3v) is 8.11. The zero-order chi connectivity index (χ0) is 30.6. The van der Waals surface area contributed by atoms with Crippen LogP contribution in [0.3, 0.4) is 0 Å². The van der Waals surface area contributed by atoms with Gasteiger partial charge in [0.05, 0.1) is 19.4 Å². The second-order valence-corrected chi connectivity index (χ2v) is 11.0. The Morgan fingerprint density at radius 1 is 1.09 bits per heavy atom. The third-order valence-electron chi connectivity index (χ3n) is 8.11. The van der Waals surface area contributed by atoms with E-state index in [0.717, 1.165) is 17.9 Å². The monoisotopic (exact) mass is 601 g/mol. The molecule has 0 saturated carbocycles. The van der Waals surface area contributed by atoms with Gasteiger partial charge in [-0.05, 0) is 42.7 Å². The number of nitrogens with one attached hydrogen (secondary N) is 1. The number of hydrogen-bond donors (Lipinski definition) is 1. The van der Waals surface area contributed by atoms with E-state index in [4.69, 9.17) is 10.00 Å². The van der Waals surface area contributed by atoms with Crippen molar-refractivity contribution in [3.8, 4) is 23.3 Å². The maximum Gasteiger partial charge on any atom is 0.236 e. The van der Waals surface area contributed by atoms with Crippen LogP contribution in [0.4, 0.5) is 20.4 Å². The number of piperidine rings is 1. The average Bonchev–Trinajstić information content (AvgIpc) is 3.46. The first-order valence-electron chi connectivity index (χ1n) is 14.6. The smallest absolute Gasteiger partial charge is 0.236 e. The van der Waals surface area contributed by atoms with Gasteiger partial charge in [0, 0.05) is 58.1 Å². The van der Waals surface area contributed by atoms with E-state index in [-0.39, 0.29) is 35.8 Å². The van der Waals surface area contributed by atoms with Crippen LogP contribution in [0.25, 0.3) is 17.2 Å². The molecule has 1 atom stereocenters. The van der Waals surface area contributed by atoms with Crippen LogP contribution in [-0.4, -0.2) is 87.5 Å². The van der Waals surface area contributed by atoms with Crippen molar-refractivity contribution in [3.05, 3.63) is 66.0 Å². The number of anilines is 2. The number of carbonyl (C=O) groups is 1. The first-order chi connectivity index (χ1) is 21.4. The Balaban J connectivity index is 1.27. The van der Waals surface area contributed by atoms with Crippen molar-refractivity contribution in [3.63, 3.8) is 0 Å². The van der Waals surface area contributed by atoms with Gasteiger partial charge in [0.1, 0.15) is 29.3 Å². The highest BCUT2D eigenvalue weighted by atomic mass is 19.1. The number of fused-ring (bicyclic) bond motifs is 1. The second kappa shape index (κ2) is 12.8. The van der Waals surface area contributed by atoms with Gasteiger partial charge in [-0.15, -0.1) is 0 Å². The summed E-state index contributed by atoms with van der Waals surface area (Å²) in [4.78, 5) is 31.8. The summed E-state index contributed by atoms with van der Waals surface area (Å²) in [6.45, 7) is 4.14. The number of halogens is 2. The Morgan fingerprint density at radius 2 is 1.89 bits per heavy atom. The summed E-state index contributed by atoms with van der Waals surface area (Å²) < 4.78 is 37.2. The molecular weight excluding hydrogens is 568 g/mol. The number of pyridine rings is 1. The number of rotatable bonds is 8. The van der Waals surface area contributed by atoms with E-state index < -0.39 is 11.6 Å². The topological polar surface area (TPSA) is 115 Å². The quantitative estimate of drug-likeness (QED) is 0.323. The first kappa shape index (κ1) is 29.3. The predicted molar refractivity (Wildman–Crippen MR) is 160 cm³/mol. The number of carbonyl (C=O) groups excluding carboxylic acids is 1. The van der Waals surface area contributed by atoms with Crippen LogP contribution in [0.15, 0.2) is 48.8 Å². The van der Waals surface area contributed by atoms with E-state index >= 15 is 4.39 Å². The van der Waals surface area contributed by atoms with Crippen molar-refractivity contribution in [2.24, 2.45) is 0 Å². The van der Waals surface area contributed by atoms with Gasteiger partial charge in [0.25, 0.3) is 0 Å². The SMILES string of the molecule is COc1ccc(CN2CCN(c3nc(-c4cnc5ccc(F)cn45)nc(N[C@@H]4CCCN(C(=O)CC#N)C4)c3F)CC2)cc1. The van der Waals surface area contributed by atoms with Crippen molar-refractivity contribution in [1.82, 2.24) is 29.2 Å². The minimum Gasteiger partial charge on any atom is -0.497 e. The molecule has 1 amide bonds. The highest BCUT2D eigenvalue weighted by molar-refractivity contribution is 5.78. The summed E-state index contributed by atoms with van der Waals surface area (Å²) in [5.41, 5.74) is 2.10. The predicted octanol–water partition coefficient (Wildman–Crippen LogP) is 3.72. The maximum atomic E-state index is 16.2. The lowest BCUT2D eigenvalue weighted by Gasteiger charge is -2.36. The highest BCUT2D eigenvalue weighted by Gasteiger charge is 2.29. The summed E-state index contributed by atoms with van der Waals surface area (Å²) in [7, 11) is 1.64. The van der Waals surface area contributed by atoms with E-state index in [1.807, 2.05) is 35.2 Å². The Hall–Kier alpha value is -4.83. The van der Waals surface area contributed by atoms with Gasteiger partial charge in [-0.2, -0.15) is 9.65 Å². The number of benzene rings is 1. The van der Waals surface area contributed by atoms with Crippen LogP contribution >= 0.6 is 0 Å². The van der Waals surface area contributed by atoms with E-state index in [1.165, 1.54) is 12.3 Å². The lowest BCUT2D eigenvalue weighted by atomic mass is 10.1. The maximum absolute atomic E-state index is 16.2. The average molecular weight is 602 g/mol.